The van der Waals surface area contributed by atoms with Crippen molar-refractivity contribution < 1.29 is 9.53 Å². The molecule has 1 fully saturated rings. The number of rotatable bonds is 6. The first-order chi connectivity index (χ1) is 13.4. The Morgan fingerprint density at radius 2 is 2.00 bits per heavy atom. The zero-order valence-electron chi connectivity index (χ0n) is 15.4. The van der Waals surface area contributed by atoms with Gasteiger partial charge in [0.05, 0.1) is 27.6 Å². The summed E-state index contributed by atoms with van der Waals surface area (Å²) in [6.45, 7) is 3.93. The minimum absolute atomic E-state index is 0.0598. The Morgan fingerprint density at radius 3 is 2.79 bits per heavy atom. The summed E-state index contributed by atoms with van der Waals surface area (Å²) in [5, 5.41) is 12.0. The van der Waals surface area contributed by atoms with Crippen molar-refractivity contribution in [1.29, 1.82) is 0 Å². The highest BCUT2D eigenvalue weighted by molar-refractivity contribution is 8.15. The lowest BCUT2D eigenvalue weighted by molar-refractivity contribution is -0.118. The number of thioether (sulfide) groups is 1. The molecule has 0 aromatic heterocycles. The lowest BCUT2D eigenvalue weighted by Gasteiger charge is -2.11. The van der Waals surface area contributed by atoms with Crippen molar-refractivity contribution >= 4 is 52.3 Å². The molecule has 0 unspecified atom stereocenters. The second-order valence-electron chi connectivity index (χ2n) is 6.37. The molecule has 1 atom stereocenters. The number of amides is 1. The summed E-state index contributed by atoms with van der Waals surface area (Å²) >= 11 is 13.6. The van der Waals surface area contributed by atoms with Crippen molar-refractivity contribution in [2.75, 3.05) is 0 Å². The van der Waals surface area contributed by atoms with E-state index in [1.165, 1.54) is 11.8 Å². The number of carbonyl (C=O) groups excluding carboxylic acids is 1. The normalized spacial score (nSPS) is 18.2. The van der Waals surface area contributed by atoms with Gasteiger partial charge in [-0.1, -0.05) is 59.2 Å². The van der Waals surface area contributed by atoms with Gasteiger partial charge >= 0.3 is 0 Å². The summed E-state index contributed by atoms with van der Waals surface area (Å²) in [6, 6.07) is 13.0. The van der Waals surface area contributed by atoms with Gasteiger partial charge in [0.25, 0.3) is 0 Å². The molecule has 2 aromatic rings. The van der Waals surface area contributed by atoms with Gasteiger partial charge in [-0.3, -0.25) is 4.79 Å². The number of nitrogens with one attached hydrogen (secondary N) is 1. The Hall–Kier alpha value is -2.02. The smallest absolute Gasteiger partial charge is 0.239 e. The van der Waals surface area contributed by atoms with Gasteiger partial charge in [-0.2, -0.15) is 5.10 Å². The van der Waals surface area contributed by atoms with E-state index in [-0.39, 0.29) is 17.3 Å². The monoisotopic (exact) mass is 435 g/mol. The lowest BCUT2D eigenvalue weighted by Crippen LogP contribution is -2.26. The summed E-state index contributed by atoms with van der Waals surface area (Å²) in [6.07, 6.45) is 2.13. The number of benzene rings is 2. The molecule has 28 heavy (non-hydrogen) atoms. The molecule has 1 saturated heterocycles. The Morgan fingerprint density at radius 1 is 1.21 bits per heavy atom. The first-order valence-corrected chi connectivity index (χ1v) is 10.3. The molecular weight excluding hydrogens is 417 g/mol. The van der Waals surface area contributed by atoms with Gasteiger partial charge in [0.2, 0.25) is 5.91 Å². The Kier molecular flexibility index (Phi) is 6.99. The van der Waals surface area contributed by atoms with Crippen molar-refractivity contribution in [2.24, 2.45) is 10.2 Å². The van der Waals surface area contributed by atoms with Gasteiger partial charge in [0.15, 0.2) is 5.17 Å². The molecule has 0 radical (unpaired) electrons. The van der Waals surface area contributed by atoms with Gasteiger partial charge < -0.3 is 10.1 Å². The third-order valence-corrected chi connectivity index (χ3v) is 5.77. The summed E-state index contributed by atoms with van der Waals surface area (Å²) in [5.74, 6) is 0.608. The van der Waals surface area contributed by atoms with Crippen molar-refractivity contribution in [3.8, 4) is 5.75 Å². The fourth-order valence-corrected chi connectivity index (χ4v) is 3.93. The van der Waals surface area contributed by atoms with E-state index in [4.69, 9.17) is 27.9 Å². The minimum Gasteiger partial charge on any atom is -0.490 e. The fraction of sp³-hybridized carbons (Fsp3) is 0.250. The summed E-state index contributed by atoms with van der Waals surface area (Å²) in [7, 11) is 0. The molecule has 146 valence electrons. The topological polar surface area (TPSA) is 63.1 Å². The molecule has 0 aliphatic carbocycles. The van der Waals surface area contributed by atoms with Crippen LogP contribution in [0, 0.1) is 0 Å². The first kappa shape index (κ1) is 20.7. The van der Waals surface area contributed by atoms with Gasteiger partial charge in [-0.25, -0.2) is 0 Å². The number of nitrogens with zero attached hydrogens (tertiary/aromatic N) is 2. The largest absolute Gasteiger partial charge is 0.490 e. The second-order valence-corrected chi connectivity index (χ2v) is 8.34. The van der Waals surface area contributed by atoms with Crippen LogP contribution >= 0.6 is 35.0 Å². The molecule has 5 nitrogen and oxygen atoms in total. The summed E-state index contributed by atoms with van der Waals surface area (Å²) in [5.41, 5.74) is 1.64. The van der Waals surface area contributed by atoms with Gasteiger partial charge in [-0.05, 0) is 44.0 Å². The van der Waals surface area contributed by atoms with Crippen LogP contribution in [-0.4, -0.2) is 28.6 Å². The number of hydrogen-bond acceptors (Lipinski definition) is 5. The Labute approximate surface area is 178 Å². The molecule has 0 saturated carbocycles. The third-order valence-electron chi connectivity index (χ3n) is 3.84. The standard InChI is InChI=1S/C20H19Cl2N3O2S/c1-12(2)27-16-9-4-3-6-14(16)11-23-25-20-24-19(26)17(28-20)10-13-7-5-8-15(21)18(13)22/h3-9,11-12,17H,10H2,1-2H3,(H,24,25,26)/b23-11-/t17-/m1/s1. The summed E-state index contributed by atoms with van der Waals surface area (Å²) in [4.78, 5) is 12.2. The van der Waals surface area contributed by atoms with E-state index >= 15 is 0 Å². The zero-order valence-corrected chi connectivity index (χ0v) is 17.7. The van der Waals surface area contributed by atoms with Crippen molar-refractivity contribution in [1.82, 2.24) is 5.32 Å². The van der Waals surface area contributed by atoms with Crippen molar-refractivity contribution in [3.63, 3.8) is 0 Å². The molecule has 1 N–H and O–H groups in total. The van der Waals surface area contributed by atoms with E-state index in [0.717, 1.165) is 16.9 Å². The molecule has 0 spiro atoms. The molecule has 1 heterocycles. The van der Waals surface area contributed by atoms with Gasteiger partial charge in [0.1, 0.15) is 5.75 Å². The molecule has 1 amide bonds. The zero-order chi connectivity index (χ0) is 20.1. The number of ether oxygens (including phenoxy) is 1. The third kappa shape index (κ3) is 5.28. The Balaban J connectivity index is 1.67. The average Bonchev–Trinajstić information content (AvgIpc) is 2.99. The predicted octanol–water partition coefficient (Wildman–Crippen LogP) is 4.94. The van der Waals surface area contributed by atoms with Crippen molar-refractivity contribution in [2.45, 2.75) is 31.6 Å². The van der Waals surface area contributed by atoms with Crippen LogP contribution in [0.1, 0.15) is 25.0 Å². The SMILES string of the molecule is CC(C)Oc1ccccc1/C=N\N=C1\NC(=O)[C@@H](Cc2cccc(Cl)c2Cl)S1. The van der Waals surface area contributed by atoms with Crippen molar-refractivity contribution in [3.05, 3.63) is 63.6 Å². The second kappa shape index (κ2) is 9.45. The number of carbonyl (C=O) groups is 1. The highest BCUT2D eigenvalue weighted by Crippen LogP contribution is 2.30. The highest BCUT2D eigenvalue weighted by atomic mass is 35.5. The molecule has 1 aliphatic heterocycles. The van der Waals surface area contributed by atoms with Crippen LogP contribution in [0.15, 0.2) is 52.7 Å². The molecule has 2 aromatic carbocycles. The predicted molar refractivity (Wildman–Crippen MR) is 117 cm³/mol. The van der Waals surface area contributed by atoms with Gasteiger partial charge in [0, 0.05) is 5.56 Å². The van der Waals surface area contributed by atoms with Crippen LogP contribution in [-0.2, 0) is 11.2 Å². The van der Waals surface area contributed by atoms with E-state index < -0.39 is 0 Å². The maximum atomic E-state index is 12.2. The lowest BCUT2D eigenvalue weighted by atomic mass is 10.1. The number of amidine groups is 1. The van der Waals surface area contributed by atoms with Gasteiger partial charge in [-0.15, -0.1) is 5.10 Å². The fourth-order valence-electron chi connectivity index (χ4n) is 2.58. The number of hydrogen-bond donors (Lipinski definition) is 1. The van der Waals surface area contributed by atoms with E-state index in [1.807, 2.05) is 50.2 Å². The number of halogens is 2. The van der Waals surface area contributed by atoms with E-state index in [1.54, 1.807) is 12.3 Å². The molecule has 0 bridgehead atoms. The van der Waals surface area contributed by atoms with E-state index in [0.29, 0.717) is 21.6 Å². The highest BCUT2D eigenvalue weighted by Gasteiger charge is 2.31. The van der Waals surface area contributed by atoms with E-state index in [9.17, 15) is 4.79 Å². The summed E-state index contributed by atoms with van der Waals surface area (Å²) < 4.78 is 5.75. The van der Waals surface area contributed by atoms with Crippen LogP contribution in [0.3, 0.4) is 0 Å². The van der Waals surface area contributed by atoms with Crippen LogP contribution in [0.4, 0.5) is 0 Å². The van der Waals surface area contributed by atoms with E-state index in [2.05, 4.69) is 15.5 Å². The number of para-hydroxylation sites is 1. The first-order valence-electron chi connectivity index (χ1n) is 8.71. The Bertz CT molecular complexity index is 931. The molecule has 8 heteroatoms. The minimum atomic E-state index is -0.332. The van der Waals surface area contributed by atoms with Crippen LogP contribution in [0.5, 0.6) is 5.75 Å². The molecule has 3 rings (SSSR count). The van der Waals surface area contributed by atoms with Crippen LogP contribution < -0.4 is 10.1 Å². The average molecular weight is 436 g/mol. The maximum Gasteiger partial charge on any atom is 0.239 e. The quantitative estimate of drug-likeness (QED) is 0.515. The molecule has 1 aliphatic rings. The van der Waals surface area contributed by atoms with Crippen LogP contribution in [0.25, 0.3) is 0 Å². The molecular formula is C20H19Cl2N3O2S. The van der Waals surface area contributed by atoms with Crippen LogP contribution in [0.2, 0.25) is 10.0 Å². The maximum absolute atomic E-state index is 12.2.